The van der Waals surface area contributed by atoms with E-state index in [9.17, 15) is 22.8 Å². The van der Waals surface area contributed by atoms with E-state index in [1.807, 2.05) is 0 Å². The number of nitrogens with two attached hydrogens (primary N) is 1. The molecule has 0 unspecified atom stereocenters. The predicted octanol–water partition coefficient (Wildman–Crippen LogP) is 0.899. The highest BCUT2D eigenvalue weighted by Gasteiger charge is 2.38. The van der Waals surface area contributed by atoms with Crippen LogP contribution in [0.5, 0.6) is 0 Å². The molecule has 0 fully saturated rings. The van der Waals surface area contributed by atoms with Gasteiger partial charge in [0.05, 0.1) is 0 Å². The van der Waals surface area contributed by atoms with Crippen molar-refractivity contribution in [1.29, 1.82) is 0 Å². The lowest BCUT2D eigenvalue weighted by atomic mass is 10.1. The monoisotopic (exact) mass is 328 g/mol. The molecule has 1 aromatic carbocycles. The number of nitrogens with zero attached hydrogens (tertiary/aromatic N) is 2. The molecule has 0 aliphatic carbocycles. The van der Waals surface area contributed by atoms with Gasteiger partial charge in [0.2, 0.25) is 5.82 Å². The van der Waals surface area contributed by atoms with Crippen molar-refractivity contribution in [3.05, 3.63) is 35.7 Å². The second kappa shape index (κ2) is 6.46. The maximum atomic E-state index is 12.4. The summed E-state index contributed by atoms with van der Waals surface area (Å²) in [5, 5.41) is 5.59. The molecule has 23 heavy (non-hydrogen) atoms. The van der Waals surface area contributed by atoms with E-state index >= 15 is 0 Å². The van der Waals surface area contributed by atoms with Gasteiger partial charge < -0.3 is 15.6 Å². The topological polar surface area (TPSA) is 111 Å². The van der Waals surface area contributed by atoms with Gasteiger partial charge in [-0.3, -0.25) is 9.59 Å². The first kappa shape index (κ1) is 16.5. The third-order valence-corrected chi connectivity index (χ3v) is 2.80. The van der Waals surface area contributed by atoms with Crippen LogP contribution in [0.25, 0.3) is 11.4 Å². The Morgan fingerprint density at radius 2 is 1.87 bits per heavy atom. The molecule has 10 heteroatoms. The Hall–Kier alpha value is -2.91. The molecule has 0 aliphatic heterocycles. The first-order chi connectivity index (χ1) is 10.8. The Bertz CT molecular complexity index is 710. The van der Waals surface area contributed by atoms with Crippen molar-refractivity contribution in [2.45, 2.75) is 12.6 Å². The van der Waals surface area contributed by atoms with Gasteiger partial charge in [-0.2, -0.15) is 18.2 Å². The quantitative estimate of drug-likeness (QED) is 0.810. The van der Waals surface area contributed by atoms with Crippen LogP contribution in [-0.4, -0.2) is 28.5 Å². The number of benzene rings is 1. The minimum Gasteiger partial charge on any atom is -0.361 e. The molecule has 0 radical (unpaired) electrons. The van der Waals surface area contributed by atoms with Gasteiger partial charge in [0.1, 0.15) is 0 Å². The number of amides is 2. The summed E-state index contributed by atoms with van der Waals surface area (Å²) in [7, 11) is 0. The van der Waals surface area contributed by atoms with Crippen molar-refractivity contribution in [2.24, 2.45) is 5.73 Å². The van der Waals surface area contributed by atoms with Crippen molar-refractivity contribution in [3.63, 3.8) is 0 Å². The second-order valence-electron chi connectivity index (χ2n) is 4.49. The molecular weight excluding hydrogens is 317 g/mol. The summed E-state index contributed by atoms with van der Waals surface area (Å²) >= 11 is 0. The first-order valence-corrected chi connectivity index (χ1v) is 6.35. The van der Waals surface area contributed by atoms with Crippen LogP contribution in [0.4, 0.5) is 13.2 Å². The maximum absolute atomic E-state index is 12.4. The summed E-state index contributed by atoms with van der Waals surface area (Å²) < 4.78 is 41.3. The lowest BCUT2D eigenvalue weighted by Crippen LogP contribution is -2.37. The number of aromatic nitrogens is 2. The fraction of sp³-hybridized carbons (Fsp3) is 0.231. The molecule has 1 heterocycles. The molecule has 0 aliphatic rings. The molecule has 0 saturated carbocycles. The first-order valence-electron chi connectivity index (χ1n) is 6.35. The summed E-state index contributed by atoms with van der Waals surface area (Å²) in [4.78, 5) is 24.7. The molecule has 1 aromatic heterocycles. The van der Waals surface area contributed by atoms with E-state index in [4.69, 9.17) is 5.73 Å². The van der Waals surface area contributed by atoms with E-state index in [1.165, 1.54) is 12.1 Å². The van der Waals surface area contributed by atoms with Crippen LogP contribution in [0.2, 0.25) is 0 Å². The molecule has 7 nitrogen and oxygen atoms in total. The highest BCUT2D eigenvalue weighted by atomic mass is 19.4. The minimum atomic E-state index is -4.69. The van der Waals surface area contributed by atoms with Gasteiger partial charge in [-0.05, 0) is 12.0 Å². The largest absolute Gasteiger partial charge is 0.471 e. The fourth-order valence-electron chi connectivity index (χ4n) is 1.68. The number of rotatable bonds is 4. The molecule has 2 rings (SSSR count). The number of nitrogens with one attached hydrogen (secondary N) is 1. The van der Waals surface area contributed by atoms with Gasteiger partial charge in [0, 0.05) is 12.1 Å². The van der Waals surface area contributed by atoms with Crippen molar-refractivity contribution in [1.82, 2.24) is 15.5 Å². The SMILES string of the molecule is NC(=O)C(=O)NCCc1ccc(-c2noc(C(F)(F)F)n2)cc1. The van der Waals surface area contributed by atoms with Gasteiger partial charge in [-0.15, -0.1) is 0 Å². The van der Waals surface area contributed by atoms with E-state index in [2.05, 4.69) is 20.0 Å². The molecule has 2 amide bonds. The third-order valence-electron chi connectivity index (χ3n) is 2.80. The summed E-state index contributed by atoms with van der Waals surface area (Å²) in [6.45, 7) is 0.196. The van der Waals surface area contributed by atoms with Gasteiger partial charge in [-0.1, -0.05) is 29.4 Å². The van der Waals surface area contributed by atoms with Crippen LogP contribution in [-0.2, 0) is 22.2 Å². The number of carbonyl (C=O) groups is 2. The van der Waals surface area contributed by atoms with Gasteiger partial charge in [0.15, 0.2) is 0 Å². The van der Waals surface area contributed by atoms with Crippen molar-refractivity contribution >= 4 is 11.8 Å². The number of halogens is 3. The van der Waals surface area contributed by atoms with E-state index in [1.54, 1.807) is 12.1 Å². The lowest BCUT2D eigenvalue weighted by Gasteiger charge is -2.03. The maximum Gasteiger partial charge on any atom is 0.471 e. The molecule has 0 saturated heterocycles. The smallest absolute Gasteiger partial charge is 0.361 e. The normalized spacial score (nSPS) is 11.3. The van der Waals surface area contributed by atoms with E-state index in [-0.39, 0.29) is 12.4 Å². The molecule has 0 atom stereocenters. The lowest BCUT2D eigenvalue weighted by molar-refractivity contribution is -0.159. The zero-order valence-corrected chi connectivity index (χ0v) is 11.6. The zero-order chi connectivity index (χ0) is 17.0. The number of carbonyl (C=O) groups excluding carboxylic acids is 2. The Kier molecular flexibility index (Phi) is 4.63. The van der Waals surface area contributed by atoms with Gasteiger partial charge in [0.25, 0.3) is 0 Å². The van der Waals surface area contributed by atoms with E-state index < -0.39 is 23.9 Å². The predicted molar refractivity (Wildman–Crippen MR) is 70.6 cm³/mol. The fourth-order valence-corrected chi connectivity index (χ4v) is 1.68. The van der Waals surface area contributed by atoms with E-state index in [0.29, 0.717) is 12.0 Å². The summed E-state index contributed by atoms with van der Waals surface area (Å²) in [6.07, 6.45) is -4.27. The van der Waals surface area contributed by atoms with Crippen LogP contribution in [0.3, 0.4) is 0 Å². The number of hydrogen-bond acceptors (Lipinski definition) is 5. The highest BCUT2D eigenvalue weighted by Crippen LogP contribution is 2.29. The van der Waals surface area contributed by atoms with Crippen molar-refractivity contribution < 1.29 is 27.3 Å². The van der Waals surface area contributed by atoms with Crippen molar-refractivity contribution in [3.8, 4) is 11.4 Å². The standard InChI is InChI=1S/C13H11F3N4O3/c14-13(15,16)12-19-10(20-23-12)8-3-1-7(2-4-8)5-6-18-11(22)9(17)21/h1-4H,5-6H2,(H2,17,21)(H,18,22). The van der Waals surface area contributed by atoms with Gasteiger partial charge >= 0.3 is 23.9 Å². The summed E-state index contributed by atoms with van der Waals surface area (Å²) in [6, 6.07) is 6.32. The molecule has 3 N–H and O–H groups in total. The molecule has 122 valence electrons. The highest BCUT2D eigenvalue weighted by molar-refractivity contribution is 6.34. The second-order valence-corrected chi connectivity index (χ2v) is 4.49. The van der Waals surface area contributed by atoms with Crippen LogP contribution < -0.4 is 11.1 Å². The van der Waals surface area contributed by atoms with Crippen LogP contribution >= 0.6 is 0 Å². The van der Waals surface area contributed by atoms with E-state index in [0.717, 1.165) is 5.56 Å². The number of alkyl halides is 3. The molecular formula is C13H11F3N4O3. The minimum absolute atomic E-state index is 0.175. The number of primary amides is 1. The average molecular weight is 328 g/mol. The Balaban J connectivity index is 1.98. The Morgan fingerprint density at radius 3 is 2.39 bits per heavy atom. The van der Waals surface area contributed by atoms with Gasteiger partial charge in [-0.25, -0.2) is 0 Å². The van der Waals surface area contributed by atoms with Crippen LogP contribution in [0.15, 0.2) is 28.8 Å². The molecule has 0 bridgehead atoms. The average Bonchev–Trinajstić information content (AvgIpc) is 2.97. The third kappa shape index (κ3) is 4.28. The molecule has 0 spiro atoms. The summed E-state index contributed by atoms with van der Waals surface area (Å²) in [5.74, 6) is -3.54. The van der Waals surface area contributed by atoms with Crippen LogP contribution in [0.1, 0.15) is 11.5 Å². The number of hydrogen-bond donors (Lipinski definition) is 2. The summed E-state index contributed by atoms with van der Waals surface area (Å²) in [5.41, 5.74) is 5.92. The molecule has 2 aromatic rings. The van der Waals surface area contributed by atoms with Crippen molar-refractivity contribution in [2.75, 3.05) is 6.54 Å². The van der Waals surface area contributed by atoms with Crippen LogP contribution in [0, 0.1) is 0 Å². The Morgan fingerprint density at radius 1 is 1.22 bits per heavy atom. The Labute approximate surface area is 127 Å². The zero-order valence-electron chi connectivity index (χ0n) is 11.6.